The summed E-state index contributed by atoms with van der Waals surface area (Å²) in [5, 5.41) is 5.71. The van der Waals surface area contributed by atoms with Gasteiger partial charge in [-0.15, -0.1) is 0 Å². The van der Waals surface area contributed by atoms with E-state index < -0.39 is 0 Å². The van der Waals surface area contributed by atoms with Gasteiger partial charge in [0.05, 0.1) is 12.8 Å². The average Bonchev–Trinajstić information content (AvgIpc) is 3.20. The molecule has 0 radical (unpaired) electrons. The van der Waals surface area contributed by atoms with E-state index >= 15 is 0 Å². The number of urea groups is 1. The molecule has 1 aromatic carbocycles. The Morgan fingerprint density at radius 1 is 1.06 bits per heavy atom. The third-order valence-electron chi connectivity index (χ3n) is 5.17. The second-order valence-electron chi connectivity index (χ2n) is 8.28. The molecule has 0 atom stereocenters. The van der Waals surface area contributed by atoms with Crippen LogP contribution in [0.2, 0.25) is 0 Å². The van der Waals surface area contributed by atoms with Crippen molar-refractivity contribution in [2.24, 2.45) is 5.92 Å². The summed E-state index contributed by atoms with van der Waals surface area (Å²) in [7, 11) is 3.94. The van der Waals surface area contributed by atoms with Crippen LogP contribution in [-0.4, -0.2) is 37.0 Å². The summed E-state index contributed by atoms with van der Waals surface area (Å²) in [5.41, 5.74) is 2.64. The van der Waals surface area contributed by atoms with Crippen LogP contribution in [0.5, 0.6) is 0 Å². The SMILES string of the molecule is CCC(CC)C(=O)N(Cc1ccco1)Cc1cc(NC(=O)NC(C)C)ccc1N(C)C. The van der Waals surface area contributed by atoms with Crippen molar-refractivity contribution < 1.29 is 14.0 Å². The van der Waals surface area contributed by atoms with Gasteiger partial charge < -0.3 is 24.9 Å². The summed E-state index contributed by atoms with van der Waals surface area (Å²) in [4.78, 5) is 29.3. The molecule has 31 heavy (non-hydrogen) atoms. The van der Waals surface area contributed by atoms with Gasteiger partial charge in [0.1, 0.15) is 5.76 Å². The maximum absolute atomic E-state index is 13.3. The number of hydrogen-bond acceptors (Lipinski definition) is 4. The number of carbonyl (C=O) groups is 2. The predicted molar refractivity (Wildman–Crippen MR) is 125 cm³/mol. The lowest BCUT2D eigenvalue weighted by molar-refractivity contribution is -0.137. The number of anilines is 2. The molecule has 0 aliphatic heterocycles. The van der Waals surface area contributed by atoms with Gasteiger partial charge in [-0.3, -0.25) is 4.79 Å². The highest BCUT2D eigenvalue weighted by atomic mass is 16.3. The normalized spacial score (nSPS) is 11.0. The Balaban J connectivity index is 2.34. The monoisotopic (exact) mass is 428 g/mol. The van der Waals surface area contributed by atoms with Crippen molar-refractivity contribution in [3.63, 3.8) is 0 Å². The number of furan rings is 1. The van der Waals surface area contributed by atoms with E-state index in [1.807, 2.05) is 81.9 Å². The van der Waals surface area contributed by atoms with Crippen molar-refractivity contribution in [3.05, 3.63) is 47.9 Å². The maximum Gasteiger partial charge on any atom is 0.319 e. The van der Waals surface area contributed by atoms with Crippen LogP contribution in [0.3, 0.4) is 0 Å². The summed E-state index contributed by atoms with van der Waals surface area (Å²) in [6.07, 6.45) is 3.21. The fourth-order valence-electron chi connectivity index (χ4n) is 3.56. The first-order valence-corrected chi connectivity index (χ1v) is 10.9. The molecule has 2 N–H and O–H groups in total. The standard InChI is InChI=1S/C24H36N4O3/c1-7-18(8-2)23(29)28(16-21-10-9-13-31-21)15-19-14-20(11-12-22(19)27(5)6)26-24(30)25-17(3)4/h9-14,17-18H,7-8,15-16H2,1-6H3,(H2,25,26,30). The Morgan fingerprint density at radius 2 is 1.77 bits per heavy atom. The first-order chi connectivity index (χ1) is 14.7. The summed E-state index contributed by atoms with van der Waals surface area (Å²) in [5.74, 6) is 0.828. The summed E-state index contributed by atoms with van der Waals surface area (Å²) < 4.78 is 5.52. The van der Waals surface area contributed by atoms with Crippen LogP contribution in [0.4, 0.5) is 16.2 Å². The van der Waals surface area contributed by atoms with Gasteiger partial charge in [-0.2, -0.15) is 0 Å². The van der Waals surface area contributed by atoms with Crippen molar-refractivity contribution in [1.29, 1.82) is 0 Å². The number of hydrogen-bond donors (Lipinski definition) is 2. The Morgan fingerprint density at radius 3 is 2.32 bits per heavy atom. The predicted octanol–water partition coefficient (Wildman–Crippen LogP) is 4.84. The summed E-state index contributed by atoms with van der Waals surface area (Å²) >= 11 is 0. The quantitative estimate of drug-likeness (QED) is 0.568. The van der Waals surface area contributed by atoms with Gasteiger partial charge in [-0.25, -0.2) is 4.79 Å². The van der Waals surface area contributed by atoms with Crippen molar-refractivity contribution in [1.82, 2.24) is 10.2 Å². The van der Waals surface area contributed by atoms with E-state index in [2.05, 4.69) is 10.6 Å². The van der Waals surface area contributed by atoms with Crippen LogP contribution in [0.1, 0.15) is 51.9 Å². The third-order valence-corrected chi connectivity index (χ3v) is 5.17. The highest BCUT2D eigenvalue weighted by molar-refractivity contribution is 5.90. The molecule has 3 amide bonds. The molecule has 0 bridgehead atoms. The van der Waals surface area contributed by atoms with Gasteiger partial charge in [0, 0.05) is 44.0 Å². The minimum Gasteiger partial charge on any atom is -0.467 e. The number of rotatable bonds is 10. The maximum atomic E-state index is 13.3. The van der Waals surface area contributed by atoms with Crippen molar-refractivity contribution in [3.8, 4) is 0 Å². The fraction of sp³-hybridized carbons (Fsp3) is 0.500. The van der Waals surface area contributed by atoms with Gasteiger partial charge in [-0.1, -0.05) is 13.8 Å². The van der Waals surface area contributed by atoms with E-state index in [0.29, 0.717) is 18.8 Å². The lowest BCUT2D eigenvalue weighted by Crippen LogP contribution is -2.35. The van der Waals surface area contributed by atoms with Gasteiger partial charge in [0.25, 0.3) is 0 Å². The van der Waals surface area contributed by atoms with Crippen LogP contribution >= 0.6 is 0 Å². The minimum absolute atomic E-state index is 0.0316. The Hall–Kier alpha value is -2.96. The summed E-state index contributed by atoms with van der Waals surface area (Å²) in [6, 6.07) is 9.28. The second kappa shape index (κ2) is 11.4. The summed E-state index contributed by atoms with van der Waals surface area (Å²) in [6.45, 7) is 8.73. The lowest BCUT2D eigenvalue weighted by atomic mass is 10.0. The van der Waals surface area contributed by atoms with Gasteiger partial charge in [0.15, 0.2) is 0 Å². The van der Waals surface area contributed by atoms with E-state index in [1.54, 1.807) is 6.26 Å². The smallest absolute Gasteiger partial charge is 0.319 e. The van der Waals surface area contributed by atoms with Crippen LogP contribution in [0.15, 0.2) is 41.0 Å². The number of carbonyl (C=O) groups excluding carboxylic acids is 2. The number of benzene rings is 1. The zero-order chi connectivity index (χ0) is 23.0. The number of nitrogens with one attached hydrogen (secondary N) is 2. The second-order valence-corrected chi connectivity index (χ2v) is 8.28. The molecule has 170 valence electrons. The molecule has 1 heterocycles. The van der Waals surface area contributed by atoms with Crippen LogP contribution in [0.25, 0.3) is 0 Å². The topological polar surface area (TPSA) is 77.8 Å². The molecule has 7 nitrogen and oxygen atoms in total. The molecule has 0 aliphatic rings. The molecule has 7 heteroatoms. The fourth-order valence-corrected chi connectivity index (χ4v) is 3.56. The molecule has 0 saturated heterocycles. The first-order valence-electron chi connectivity index (χ1n) is 10.9. The molecular formula is C24H36N4O3. The third kappa shape index (κ3) is 7.05. The molecule has 0 unspecified atom stereocenters. The first kappa shape index (κ1) is 24.3. The number of amides is 3. The molecule has 0 spiro atoms. The zero-order valence-electron chi connectivity index (χ0n) is 19.6. The van der Waals surface area contributed by atoms with Gasteiger partial charge in [-0.05, 0) is 62.6 Å². The van der Waals surface area contributed by atoms with Crippen LogP contribution in [-0.2, 0) is 17.9 Å². The Kier molecular flexibility index (Phi) is 8.97. The highest BCUT2D eigenvalue weighted by Crippen LogP contribution is 2.26. The number of nitrogens with zero attached hydrogens (tertiary/aromatic N) is 2. The van der Waals surface area contributed by atoms with Crippen molar-refractivity contribution in [2.75, 3.05) is 24.3 Å². The molecule has 2 aromatic rings. The Bertz CT molecular complexity index is 843. The minimum atomic E-state index is -0.251. The molecular weight excluding hydrogens is 392 g/mol. The van der Waals surface area contributed by atoms with Gasteiger partial charge >= 0.3 is 6.03 Å². The highest BCUT2D eigenvalue weighted by Gasteiger charge is 2.24. The van der Waals surface area contributed by atoms with Crippen LogP contribution in [0, 0.1) is 5.92 Å². The van der Waals surface area contributed by atoms with E-state index in [4.69, 9.17) is 4.42 Å². The zero-order valence-corrected chi connectivity index (χ0v) is 19.6. The van der Waals surface area contributed by atoms with E-state index in [9.17, 15) is 9.59 Å². The molecule has 0 saturated carbocycles. The molecule has 1 aromatic heterocycles. The molecule has 0 fully saturated rings. The van der Waals surface area contributed by atoms with E-state index in [-0.39, 0.29) is 23.9 Å². The van der Waals surface area contributed by atoms with E-state index in [1.165, 1.54) is 0 Å². The lowest BCUT2D eigenvalue weighted by Gasteiger charge is -2.28. The molecule has 0 aliphatic carbocycles. The Labute approximate surface area is 185 Å². The van der Waals surface area contributed by atoms with Crippen LogP contribution < -0.4 is 15.5 Å². The van der Waals surface area contributed by atoms with E-state index in [0.717, 1.165) is 29.9 Å². The van der Waals surface area contributed by atoms with Crippen molar-refractivity contribution >= 4 is 23.3 Å². The largest absolute Gasteiger partial charge is 0.467 e. The molecule has 2 rings (SSSR count). The van der Waals surface area contributed by atoms with Crippen molar-refractivity contribution in [2.45, 2.75) is 59.7 Å². The average molecular weight is 429 g/mol. The van der Waals surface area contributed by atoms with Gasteiger partial charge in [0.2, 0.25) is 5.91 Å².